The highest BCUT2D eigenvalue weighted by Gasteiger charge is 2.18. The molecule has 3 rings (SSSR count). The third-order valence-electron chi connectivity index (χ3n) is 4.92. The number of carbonyl (C=O) groups is 2. The van der Waals surface area contributed by atoms with E-state index >= 15 is 0 Å². The van der Waals surface area contributed by atoms with Crippen molar-refractivity contribution in [3.63, 3.8) is 0 Å². The van der Waals surface area contributed by atoms with Gasteiger partial charge in [0.1, 0.15) is 6.61 Å². The van der Waals surface area contributed by atoms with Gasteiger partial charge in [-0.05, 0) is 36.1 Å². The molecule has 1 unspecified atom stereocenters. The Morgan fingerprint density at radius 2 is 1.86 bits per heavy atom. The fourth-order valence-corrected chi connectivity index (χ4v) is 3.37. The quantitative estimate of drug-likeness (QED) is 0.708. The fourth-order valence-electron chi connectivity index (χ4n) is 3.37. The Morgan fingerprint density at radius 1 is 1.10 bits per heavy atom. The van der Waals surface area contributed by atoms with Gasteiger partial charge in [0.15, 0.2) is 0 Å². The topological polar surface area (TPSA) is 67.9 Å². The van der Waals surface area contributed by atoms with Crippen molar-refractivity contribution in [2.24, 2.45) is 0 Å². The van der Waals surface area contributed by atoms with Crippen LogP contribution in [0.25, 0.3) is 0 Å². The number of amides is 2. The summed E-state index contributed by atoms with van der Waals surface area (Å²) in [6.07, 6.45) is 2.50. The van der Waals surface area contributed by atoms with Crippen LogP contribution >= 0.6 is 0 Å². The van der Waals surface area contributed by atoms with Crippen LogP contribution in [0.2, 0.25) is 0 Å². The van der Waals surface area contributed by atoms with Crippen LogP contribution in [0.3, 0.4) is 0 Å². The largest absolute Gasteiger partial charge is 0.376 e. The Labute approximate surface area is 171 Å². The van der Waals surface area contributed by atoms with Crippen LogP contribution in [0.4, 0.5) is 5.69 Å². The third kappa shape index (κ3) is 6.41. The average Bonchev–Trinajstić information content (AvgIpc) is 3.26. The van der Waals surface area contributed by atoms with E-state index in [-0.39, 0.29) is 24.5 Å². The van der Waals surface area contributed by atoms with Gasteiger partial charge in [-0.25, -0.2) is 0 Å². The molecule has 1 fully saturated rings. The van der Waals surface area contributed by atoms with Crippen molar-refractivity contribution in [1.29, 1.82) is 0 Å². The Hall–Kier alpha value is -2.70. The third-order valence-corrected chi connectivity index (χ3v) is 4.92. The average molecular weight is 396 g/mol. The molecule has 1 saturated heterocycles. The monoisotopic (exact) mass is 396 g/mol. The van der Waals surface area contributed by atoms with Gasteiger partial charge in [0.25, 0.3) is 5.91 Å². The minimum Gasteiger partial charge on any atom is -0.376 e. The SMILES string of the molecule is COCC(=O)N(Cc1ccccc1)c1ccc(CC(=O)NCC2CCCO2)cc1. The Balaban J connectivity index is 1.61. The van der Waals surface area contributed by atoms with E-state index in [0.717, 1.165) is 36.3 Å². The van der Waals surface area contributed by atoms with Crippen molar-refractivity contribution in [1.82, 2.24) is 5.32 Å². The molecule has 6 nitrogen and oxygen atoms in total. The summed E-state index contributed by atoms with van der Waals surface area (Å²) < 4.78 is 10.6. The summed E-state index contributed by atoms with van der Waals surface area (Å²) in [5.74, 6) is -0.136. The van der Waals surface area contributed by atoms with E-state index in [9.17, 15) is 9.59 Å². The lowest BCUT2D eigenvalue weighted by atomic mass is 10.1. The highest BCUT2D eigenvalue weighted by Crippen LogP contribution is 2.19. The van der Waals surface area contributed by atoms with E-state index in [1.807, 2.05) is 54.6 Å². The second-order valence-electron chi connectivity index (χ2n) is 7.18. The highest BCUT2D eigenvalue weighted by molar-refractivity contribution is 5.94. The maximum atomic E-state index is 12.5. The van der Waals surface area contributed by atoms with Gasteiger partial charge >= 0.3 is 0 Å². The lowest BCUT2D eigenvalue weighted by molar-refractivity contribution is -0.122. The van der Waals surface area contributed by atoms with Crippen LogP contribution in [0.1, 0.15) is 24.0 Å². The first-order valence-corrected chi connectivity index (χ1v) is 9.96. The van der Waals surface area contributed by atoms with E-state index in [0.29, 0.717) is 19.5 Å². The van der Waals surface area contributed by atoms with Crippen molar-refractivity contribution < 1.29 is 19.1 Å². The zero-order valence-electron chi connectivity index (χ0n) is 16.8. The predicted molar refractivity (Wildman–Crippen MR) is 112 cm³/mol. The second kappa shape index (κ2) is 10.7. The molecule has 2 aromatic rings. The van der Waals surface area contributed by atoms with E-state index in [1.165, 1.54) is 7.11 Å². The number of carbonyl (C=O) groups excluding carboxylic acids is 2. The number of nitrogens with zero attached hydrogens (tertiary/aromatic N) is 1. The summed E-state index contributed by atoms with van der Waals surface area (Å²) in [6, 6.07) is 17.3. The van der Waals surface area contributed by atoms with Crippen molar-refractivity contribution in [2.75, 3.05) is 31.8 Å². The maximum Gasteiger partial charge on any atom is 0.253 e. The van der Waals surface area contributed by atoms with Gasteiger partial charge in [0.05, 0.1) is 19.1 Å². The van der Waals surface area contributed by atoms with Crippen molar-refractivity contribution in [3.05, 3.63) is 65.7 Å². The van der Waals surface area contributed by atoms with Crippen LogP contribution in [-0.2, 0) is 32.0 Å². The van der Waals surface area contributed by atoms with Crippen LogP contribution < -0.4 is 10.2 Å². The number of ether oxygens (including phenoxy) is 2. The normalized spacial score (nSPS) is 15.8. The molecular weight excluding hydrogens is 368 g/mol. The number of hydrogen-bond donors (Lipinski definition) is 1. The summed E-state index contributed by atoms with van der Waals surface area (Å²) in [6.45, 7) is 1.82. The van der Waals surface area contributed by atoms with Crippen LogP contribution in [0.15, 0.2) is 54.6 Å². The zero-order chi connectivity index (χ0) is 20.5. The second-order valence-corrected chi connectivity index (χ2v) is 7.18. The van der Waals surface area contributed by atoms with E-state index in [4.69, 9.17) is 9.47 Å². The number of anilines is 1. The molecule has 1 aliphatic rings. The first-order valence-electron chi connectivity index (χ1n) is 9.96. The van der Waals surface area contributed by atoms with Crippen molar-refractivity contribution in [2.45, 2.75) is 31.9 Å². The Bertz CT molecular complexity index is 786. The number of benzene rings is 2. The molecule has 0 saturated carbocycles. The predicted octanol–water partition coefficient (Wildman–Crippen LogP) is 2.70. The van der Waals surface area contributed by atoms with Crippen LogP contribution in [0, 0.1) is 0 Å². The van der Waals surface area contributed by atoms with E-state index < -0.39 is 0 Å². The molecule has 1 N–H and O–H groups in total. The van der Waals surface area contributed by atoms with Gasteiger partial charge < -0.3 is 19.7 Å². The van der Waals surface area contributed by atoms with Crippen LogP contribution in [0.5, 0.6) is 0 Å². The van der Waals surface area contributed by atoms with Gasteiger partial charge in [-0.3, -0.25) is 9.59 Å². The van der Waals surface area contributed by atoms with Gasteiger partial charge in [-0.1, -0.05) is 42.5 Å². The van der Waals surface area contributed by atoms with Crippen LogP contribution in [-0.4, -0.2) is 44.8 Å². The molecule has 29 heavy (non-hydrogen) atoms. The molecule has 0 radical (unpaired) electrons. The lowest BCUT2D eigenvalue weighted by Gasteiger charge is -2.23. The summed E-state index contributed by atoms with van der Waals surface area (Å²) in [7, 11) is 1.51. The van der Waals surface area contributed by atoms with Gasteiger partial charge in [-0.15, -0.1) is 0 Å². The summed E-state index contributed by atoms with van der Waals surface area (Å²) in [4.78, 5) is 26.4. The molecule has 154 valence electrons. The lowest BCUT2D eigenvalue weighted by Crippen LogP contribution is -2.33. The zero-order valence-corrected chi connectivity index (χ0v) is 16.8. The molecule has 0 spiro atoms. The fraction of sp³-hybridized carbons (Fsp3) is 0.391. The van der Waals surface area contributed by atoms with Crippen molar-refractivity contribution in [3.8, 4) is 0 Å². The molecule has 1 atom stereocenters. The number of hydrogen-bond acceptors (Lipinski definition) is 4. The smallest absolute Gasteiger partial charge is 0.253 e. The number of rotatable bonds is 9. The number of methoxy groups -OCH3 is 1. The maximum absolute atomic E-state index is 12.5. The Kier molecular flexibility index (Phi) is 7.78. The first-order chi connectivity index (χ1) is 14.2. The molecule has 2 amide bonds. The molecule has 0 bridgehead atoms. The van der Waals surface area contributed by atoms with E-state index in [1.54, 1.807) is 4.90 Å². The Morgan fingerprint density at radius 3 is 2.52 bits per heavy atom. The molecule has 0 aromatic heterocycles. The molecule has 2 aromatic carbocycles. The molecule has 0 aliphatic carbocycles. The van der Waals surface area contributed by atoms with Gasteiger partial charge in [0, 0.05) is 25.9 Å². The molecule has 1 heterocycles. The minimum atomic E-state index is -0.113. The van der Waals surface area contributed by atoms with Gasteiger partial charge in [-0.2, -0.15) is 0 Å². The molecule has 1 aliphatic heterocycles. The summed E-state index contributed by atoms with van der Waals surface area (Å²) in [5.41, 5.74) is 2.71. The first kappa shape index (κ1) is 21.0. The summed E-state index contributed by atoms with van der Waals surface area (Å²) >= 11 is 0. The van der Waals surface area contributed by atoms with Crippen molar-refractivity contribution >= 4 is 17.5 Å². The standard InChI is InChI=1S/C23H28N2O4/c1-28-17-23(27)25(16-19-6-3-2-4-7-19)20-11-9-18(10-12-20)14-22(26)24-15-21-8-5-13-29-21/h2-4,6-7,9-12,21H,5,8,13-17H2,1H3,(H,24,26). The molecular formula is C23H28N2O4. The number of nitrogens with one attached hydrogen (secondary N) is 1. The summed E-state index contributed by atoms with van der Waals surface area (Å²) in [5, 5.41) is 2.93. The van der Waals surface area contributed by atoms with Gasteiger partial charge in [0.2, 0.25) is 5.91 Å². The minimum absolute atomic E-state index is 0.0141. The highest BCUT2D eigenvalue weighted by atomic mass is 16.5. The molecule has 6 heteroatoms. The van der Waals surface area contributed by atoms with E-state index in [2.05, 4.69) is 5.32 Å².